The Bertz CT molecular complexity index is 715. The number of fused-ring (bicyclic) bond motifs is 1. The molecule has 2 heterocycles. The van der Waals surface area contributed by atoms with E-state index in [0.29, 0.717) is 11.8 Å². The van der Waals surface area contributed by atoms with E-state index >= 15 is 0 Å². The molecule has 1 saturated carbocycles. The van der Waals surface area contributed by atoms with Crippen LogP contribution in [0.5, 0.6) is 0 Å². The number of amides is 1. The molecule has 1 aliphatic heterocycles. The molecule has 22 heavy (non-hydrogen) atoms. The van der Waals surface area contributed by atoms with E-state index in [1.54, 1.807) is 0 Å². The summed E-state index contributed by atoms with van der Waals surface area (Å²) in [6.07, 6.45) is 2.18. The molecule has 0 bridgehead atoms. The van der Waals surface area contributed by atoms with Gasteiger partial charge in [0.2, 0.25) is 5.91 Å². The van der Waals surface area contributed by atoms with Gasteiger partial charge >= 0.3 is 0 Å². The second kappa shape index (κ2) is 5.27. The number of aromatic nitrogens is 1. The van der Waals surface area contributed by atoms with Crippen LogP contribution in [0.25, 0.3) is 10.9 Å². The Balaban J connectivity index is 1.52. The van der Waals surface area contributed by atoms with E-state index in [1.165, 1.54) is 10.9 Å². The summed E-state index contributed by atoms with van der Waals surface area (Å²) in [5.41, 5.74) is 2.31. The molecule has 2 fully saturated rings. The second-order valence-corrected chi connectivity index (χ2v) is 6.40. The molecule has 2 aromatic rings. The van der Waals surface area contributed by atoms with Crippen molar-refractivity contribution in [2.45, 2.75) is 19.8 Å². The van der Waals surface area contributed by atoms with E-state index in [2.05, 4.69) is 36.1 Å². The van der Waals surface area contributed by atoms with Gasteiger partial charge in [-0.05, 0) is 37.5 Å². The summed E-state index contributed by atoms with van der Waals surface area (Å²) in [7, 11) is 0. The van der Waals surface area contributed by atoms with Crippen molar-refractivity contribution in [3.05, 3.63) is 35.9 Å². The normalized spacial score (nSPS) is 18.8. The number of para-hydroxylation sites is 1. The molecule has 2 aliphatic rings. The Morgan fingerprint density at radius 2 is 1.86 bits per heavy atom. The summed E-state index contributed by atoms with van der Waals surface area (Å²) in [6, 6.07) is 10.4. The van der Waals surface area contributed by atoms with Gasteiger partial charge in [0, 0.05) is 37.5 Å². The molecule has 4 rings (SSSR count). The maximum Gasteiger partial charge on any atom is 0.225 e. The number of nitrogens with zero attached hydrogens (tertiary/aromatic N) is 3. The third-order valence-electron chi connectivity index (χ3n) is 4.75. The van der Waals surface area contributed by atoms with Crippen molar-refractivity contribution >= 4 is 22.6 Å². The summed E-state index contributed by atoms with van der Waals surface area (Å²) < 4.78 is 0. The zero-order chi connectivity index (χ0) is 15.1. The van der Waals surface area contributed by atoms with Gasteiger partial charge < -0.3 is 9.80 Å². The number of anilines is 1. The predicted molar refractivity (Wildman–Crippen MR) is 88.0 cm³/mol. The summed E-state index contributed by atoms with van der Waals surface area (Å²) in [5, 5.41) is 1.22. The molecule has 1 aliphatic carbocycles. The number of aryl methyl sites for hydroxylation is 1. The molecule has 4 heteroatoms. The number of carbonyl (C=O) groups excluding carboxylic acids is 1. The molecule has 1 amide bonds. The first-order chi connectivity index (χ1) is 10.7. The van der Waals surface area contributed by atoms with Crippen LogP contribution in [0.1, 0.15) is 18.4 Å². The Kier molecular flexibility index (Phi) is 3.25. The Morgan fingerprint density at radius 1 is 1.14 bits per heavy atom. The highest BCUT2D eigenvalue weighted by Crippen LogP contribution is 2.31. The molecule has 1 aromatic heterocycles. The first-order valence-corrected chi connectivity index (χ1v) is 8.12. The van der Waals surface area contributed by atoms with Crippen molar-refractivity contribution in [3.63, 3.8) is 0 Å². The fraction of sp³-hybridized carbons (Fsp3) is 0.444. The van der Waals surface area contributed by atoms with Gasteiger partial charge in [-0.25, -0.2) is 4.98 Å². The lowest BCUT2D eigenvalue weighted by Gasteiger charge is -2.35. The van der Waals surface area contributed by atoms with Gasteiger partial charge in [0.15, 0.2) is 0 Å². The molecule has 1 aromatic carbocycles. The van der Waals surface area contributed by atoms with E-state index in [0.717, 1.165) is 50.4 Å². The molecule has 0 spiro atoms. The highest BCUT2D eigenvalue weighted by Gasteiger charge is 2.34. The second-order valence-electron chi connectivity index (χ2n) is 6.40. The Hall–Kier alpha value is -2.10. The molecule has 1 saturated heterocycles. The van der Waals surface area contributed by atoms with Crippen LogP contribution < -0.4 is 4.90 Å². The lowest BCUT2D eigenvalue weighted by atomic mass is 10.1. The standard InChI is InChI=1S/C18H21N3O/c1-13-12-17(19-16-5-3-2-4-15(13)16)20-8-10-21(11-9-20)18(22)14-6-7-14/h2-5,12,14H,6-11H2,1H3. The fourth-order valence-corrected chi connectivity index (χ4v) is 3.24. The van der Waals surface area contributed by atoms with Crippen LogP contribution in [0.3, 0.4) is 0 Å². The third kappa shape index (κ3) is 2.43. The largest absolute Gasteiger partial charge is 0.353 e. The van der Waals surface area contributed by atoms with Crippen molar-refractivity contribution in [1.29, 1.82) is 0 Å². The van der Waals surface area contributed by atoms with E-state index in [4.69, 9.17) is 4.98 Å². The first kappa shape index (κ1) is 13.6. The SMILES string of the molecule is Cc1cc(N2CCN(C(=O)C3CC3)CC2)nc2ccccc12. The van der Waals surface area contributed by atoms with Crippen molar-refractivity contribution in [2.24, 2.45) is 5.92 Å². The van der Waals surface area contributed by atoms with Crippen LogP contribution in [0.2, 0.25) is 0 Å². The summed E-state index contributed by atoms with van der Waals surface area (Å²) in [6.45, 7) is 5.54. The van der Waals surface area contributed by atoms with E-state index in [-0.39, 0.29) is 0 Å². The average molecular weight is 295 g/mol. The number of carbonyl (C=O) groups is 1. The van der Waals surface area contributed by atoms with Gasteiger partial charge in [-0.3, -0.25) is 4.79 Å². The Labute approximate surface area is 130 Å². The third-order valence-corrected chi connectivity index (χ3v) is 4.75. The van der Waals surface area contributed by atoms with Gasteiger partial charge in [0.05, 0.1) is 5.52 Å². The van der Waals surface area contributed by atoms with Crippen molar-refractivity contribution in [1.82, 2.24) is 9.88 Å². The summed E-state index contributed by atoms with van der Waals surface area (Å²) in [5.74, 6) is 1.73. The van der Waals surface area contributed by atoms with E-state index in [9.17, 15) is 4.79 Å². The van der Waals surface area contributed by atoms with Crippen LogP contribution in [-0.2, 0) is 4.79 Å². The average Bonchev–Trinajstić information content (AvgIpc) is 3.39. The van der Waals surface area contributed by atoms with Gasteiger partial charge in [-0.2, -0.15) is 0 Å². The highest BCUT2D eigenvalue weighted by atomic mass is 16.2. The monoisotopic (exact) mass is 295 g/mol. The van der Waals surface area contributed by atoms with Crippen LogP contribution in [-0.4, -0.2) is 42.0 Å². The maximum absolute atomic E-state index is 12.1. The molecular formula is C18H21N3O. The van der Waals surface area contributed by atoms with Gasteiger partial charge in [-0.15, -0.1) is 0 Å². The number of hydrogen-bond donors (Lipinski definition) is 0. The van der Waals surface area contributed by atoms with Crippen LogP contribution in [0.4, 0.5) is 5.82 Å². The van der Waals surface area contributed by atoms with E-state index in [1.807, 2.05) is 11.0 Å². The molecule has 0 atom stereocenters. The molecule has 0 unspecified atom stereocenters. The predicted octanol–water partition coefficient (Wildman–Crippen LogP) is 2.60. The summed E-state index contributed by atoms with van der Waals surface area (Å²) >= 11 is 0. The topological polar surface area (TPSA) is 36.4 Å². The van der Waals surface area contributed by atoms with Crippen molar-refractivity contribution in [3.8, 4) is 0 Å². The smallest absolute Gasteiger partial charge is 0.225 e. The minimum Gasteiger partial charge on any atom is -0.353 e. The minimum absolute atomic E-state index is 0.326. The number of rotatable bonds is 2. The highest BCUT2D eigenvalue weighted by molar-refractivity contribution is 5.84. The van der Waals surface area contributed by atoms with Crippen LogP contribution in [0.15, 0.2) is 30.3 Å². The Morgan fingerprint density at radius 3 is 2.59 bits per heavy atom. The minimum atomic E-state index is 0.326. The fourth-order valence-electron chi connectivity index (χ4n) is 3.24. The maximum atomic E-state index is 12.1. The van der Waals surface area contributed by atoms with Crippen LogP contribution in [0, 0.1) is 12.8 Å². The summed E-state index contributed by atoms with van der Waals surface area (Å²) in [4.78, 5) is 21.3. The van der Waals surface area contributed by atoms with Crippen molar-refractivity contribution in [2.75, 3.05) is 31.1 Å². The lowest BCUT2D eigenvalue weighted by Crippen LogP contribution is -2.49. The zero-order valence-corrected chi connectivity index (χ0v) is 13.0. The molecule has 4 nitrogen and oxygen atoms in total. The van der Waals surface area contributed by atoms with Gasteiger partial charge in [0.1, 0.15) is 5.82 Å². The molecular weight excluding hydrogens is 274 g/mol. The number of benzene rings is 1. The van der Waals surface area contributed by atoms with Gasteiger partial charge in [0.25, 0.3) is 0 Å². The van der Waals surface area contributed by atoms with Crippen molar-refractivity contribution < 1.29 is 4.79 Å². The molecule has 0 N–H and O–H groups in total. The van der Waals surface area contributed by atoms with Crippen LogP contribution >= 0.6 is 0 Å². The molecule has 0 radical (unpaired) electrons. The first-order valence-electron chi connectivity index (χ1n) is 8.12. The number of pyridine rings is 1. The number of hydrogen-bond acceptors (Lipinski definition) is 3. The van der Waals surface area contributed by atoms with E-state index < -0.39 is 0 Å². The zero-order valence-electron chi connectivity index (χ0n) is 13.0. The lowest BCUT2D eigenvalue weighted by molar-refractivity contribution is -0.132. The quantitative estimate of drug-likeness (QED) is 0.854. The molecule has 114 valence electrons. The number of piperazine rings is 1. The van der Waals surface area contributed by atoms with Gasteiger partial charge in [-0.1, -0.05) is 18.2 Å².